The van der Waals surface area contributed by atoms with Crippen LogP contribution in [0.15, 0.2) is 28.7 Å². The van der Waals surface area contributed by atoms with Gasteiger partial charge in [-0.1, -0.05) is 34.1 Å². The molecule has 2 rings (SSSR count). The minimum atomic E-state index is 0.158. The van der Waals surface area contributed by atoms with E-state index in [0.717, 1.165) is 23.1 Å². The molecule has 0 spiro atoms. The van der Waals surface area contributed by atoms with Crippen molar-refractivity contribution in [2.45, 2.75) is 12.6 Å². The second-order valence-corrected chi connectivity index (χ2v) is 5.92. The molecule has 19 heavy (non-hydrogen) atoms. The van der Waals surface area contributed by atoms with Crippen LogP contribution in [-0.2, 0) is 11.3 Å². The van der Waals surface area contributed by atoms with Crippen LogP contribution in [0.4, 0.5) is 0 Å². The van der Waals surface area contributed by atoms with Crippen LogP contribution in [0, 0.1) is 0 Å². The molecular weight excluding hydrogens is 306 g/mol. The predicted molar refractivity (Wildman–Crippen MR) is 79.9 cm³/mol. The van der Waals surface area contributed by atoms with Gasteiger partial charge in [0.25, 0.3) is 0 Å². The van der Waals surface area contributed by atoms with Crippen molar-refractivity contribution in [2.75, 3.05) is 33.7 Å². The van der Waals surface area contributed by atoms with Gasteiger partial charge in [0.15, 0.2) is 0 Å². The van der Waals surface area contributed by atoms with E-state index in [2.05, 4.69) is 26.1 Å². The zero-order chi connectivity index (χ0) is 13.8. The molecule has 104 valence electrons. The van der Waals surface area contributed by atoms with Gasteiger partial charge in [0.2, 0.25) is 5.91 Å². The minimum Gasteiger partial charge on any atom is -0.340 e. The van der Waals surface area contributed by atoms with Gasteiger partial charge in [0, 0.05) is 37.2 Å². The Morgan fingerprint density at radius 3 is 2.63 bits per heavy atom. The number of nitrogens with one attached hydrogen (secondary N) is 1. The molecule has 0 bridgehead atoms. The van der Waals surface area contributed by atoms with Crippen LogP contribution < -0.4 is 5.32 Å². The van der Waals surface area contributed by atoms with Crippen molar-refractivity contribution < 1.29 is 4.79 Å². The lowest BCUT2D eigenvalue weighted by Crippen LogP contribution is -2.57. The average molecular weight is 326 g/mol. The number of hydrogen-bond donors (Lipinski definition) is 1. The van der Waals surface area contributed by atoms with Crippen molar-refractivity contribution in [3.05, 3.63) is 34.3 Å². The molecule has 1 aromatic rings. The van der Waals surface area contributed by atoms with E-state index < -0.39 is 0 Å². The Bertz CT molecular complexity index is 448. The normalized spacial score (nSPS) is 15.4. The summed E-state index contributed by atoms with van der Waals surface area (Å²) in [5.74, 6) is 0.158. The number of likely N-dealkylation sites (N-methyl/N-ethyl adjacent to an activating group) is 2. The molecule has 5 heteroatoms. The fraction of sp³-hybridized carbons (Fsp3) is 0.500. The van der Waals surface area contributed by atoms with Crippen LogP contribution >= 0.6 is 15.9 Å². The lowest BCUT2D eigenvalue weighted by Gasteiger charge is -2.35. The molecule has 0 aliphatic carbocycles. The monoisotopic (exact) mass is 325 g/mol. The Hall–Kier alpha value is -0.910. The molecule has 1 N–H and O–H groups in total. The van der Waals surface area contributed by atoms with E-state index >= 15 is 0 Å². The summed E-state index contributed by atoms with van der Waals surface area (Å²) < 4.78 is 1.05. The quantitative estimate of drug-likeness (QED) is 0.886. The molecule has 1 aromatic carbocycles. The Labute approximate surface area is 122 Å². The number of benzene rings is 1. The van der Waals surface area contributed by atoms with Crippen LogP contribution in [0.3, 0.4) is 0 Å². The zero-order valence-electron chi connectivity index (χ0n) is 11.4. The third-order valence-corrected chi connectivity index (χ3v) is 4.33. The maximum Gasteiger partial charge on any atom is 0.236 e. The van der Waals surface area contributed by atoms with E-state index in [9.17, 15) is 4.79 Å². The second-order valence-electron chi connectivity index (χ2n) is 5.07. The maximum absolute atomic E-state index is 12.2. The lowest BCUT2D eigenvalue weighted by molar-refractivity contribution is -0.132. The van der Waals surface area contributed by atoms with Gasteiger partial charge >= 0.3 is 0 Å². The van der Waals surface area contributed by atoms with E-state index in [-0.39, 0.29) is 5.91 Å². The van der Waals surface area contributed by atoms with Crippen molar-refractivity contribution in [3.8, 4) is 0 Å². The van der Waals surface area contributed by atoms with Gasteiger partial charge in [-0.05, 0) is 18.7 Å². The fourth-order valence-electron chi connectivity index (χ4n) is 2.02. The number of amides is 1. The average Bonchev–Trinajstić information content (AvgIpc) is 2.29. The van der Waals surface area contributed by atoms with E-state index in [0.29, 0.717) is 19.1 Å². The second kappa shape index (κ2) is 6.50. The van der Waals surface area contributed by atoms with E-state index in [4.69, 9.17) is 0 Å². The predicted octanol–water partition coefficient (Wildman–Crippen LogP) is 1.31. The van der Waals surface area contributed by atoms with Crippen LogP contribution in [0.25, 0.3) is 0 Å². The van der Waals surface area contributed by atoms with Crippen molar-refractivity contribution >= 4 is 21.8 Å². The third kappa shape index (κ3) is 3.78. The van der Waals surface area contributed by atoms with E-state index in [1.807, 2.05) is 38.4 Å². The minimum absolute atomic E-state index is 0.158. The molecular formula is C14H20BrN3O. The number of nitrogens with zero attached hydrogens (tertiary/aromatic N) is 2. The summed E-state index contributed by atoms with van der Waals surface area (Å²) in [6.07, 6.45) is 0. The standard InChI is InChI=1S/C14H20BrN3O/c1-17(12-7-16-8-12)10-14(19)18(2)9-11-5-3-4-6-13(11)15/h3-6,12,16H,7-10H2,1-2H3. The van der Waals surface area contributed by atoms with Gasteiger partial charge in [-0.3, -0.25) is 9.69 Å². The van der Waals surface area contributed by atoms with Gasteiger partial charge in [-0.15, -0.1) is 0 Å². The first kappa shape index (κ1) is 14.5. The topological polar surface area (TPSA) is 35.6 Å². The number of carbonyl (C=O) groups excluding carboxylic acids is 1. The summed E-state index contributed by atoms with van der Waals surface area (Å²) in [4.78, 5) is 16.1. The lowest BCUT2D eigenvalue weighted by atomic mass is 10.1. The summed E-state index contributed by atoms with van der Waals surface area (Å²) >= 11 is 3.51. The Balaban J connectivity index is 1.86. The van der Waals surface area contributed by atoms with Gasteiger partial charge in [0.05, 0.1) is 6.54 Å². The van der Waals surface area contributed by atoms with E-state index in [1.165, 1.54) is 0 Å². The number of hydrogen-bond acceptors (Lipinski definition) is 3. The molecule has 4 nitrogen and oxygen atoms in total. The van der Waals surface area contributed by atoms with E-state index in [1.54, 1.807) is 4.90 Å². The number of halogens is 1. The molecule has 1 aliphatic rings. The molecule has 1 amide bonds. The highest BCUT2D eigenvalue weighted by Gasteiger charge is 2.24. The molecule has 0 atom stereocenters. The highest BCUT2D eigenvalue weighted by Crippen LogP contribution is 2.17. The fourth-order valence-corrected chi connectivity index (χ4v) is 2.43. The van der Waals surface area contributed by atoms with Crippen LogP contribution in [0.1, 0.15) is 5.56 Å². The van der Waals surface area contributed by atoms with Gasteiger partial charge in [-0.25, -0.2) is 0 Å². The Morgan fingerprint density at radius 1 is 1.37 bits per heavy atom. The van der Waals surface area contributed by atoms with Crippen molar-refractivity contribution in [1.82, 2.24) is 15.1 Å². The first-order valence-electron chi connectivity index (χ1n) is 6.46. The number of rotatable bonds is 5. The summed E-state index contributed by atoms with van der Waals surface area (Å²) in [6.45, 7) is 3.08. The largest absolute Gasteiger partial charge is 0.340 e. The molecule has 0 saturated carbocycles. The third-order valence-electron chi connectivity index (χ3n) is 3.56. The summed E-state index contributed by atoms with van der Waals surface area (Å²) in [5, 5.41) is 3.22. The summed E-state index contributed by atoms with van der Waals surface area (Å²) in [6, 6.07) is 8.51. The van der Waals surface area contributed by atoms with Crippen LogP contribution in [0.5, 0.6) is 0 Å². The van der Waals surface area contributed by atoms with Crippen molar-refractivity contribution in [2.24, 2.45) is 0 Å². The molecule has 1 heterocycles. The van der Waals surface area contributed by atoms with Gasteiger partial charge in [-0.2, -0.15) is 0 Å². The smallest absolute Gasteiger partial charge is 0.236 e. The first-order valence-corrected chi connectivity index (χ1v) is 7.25. The number of carbonyl (C=O) groups is 1. The first-order chi connectivity index (χ1) is 9.08. The molecule has 0 aromatic heterocycles. The molecule has 1 fully saturated rings. The van der Waals surface area contributed by atoms with Gasteiger partial charge < -0.3 is 10.2 Å². The summed E-state index contributed by atoms with van der Waals surface area (Å²) in [5.41, 5.74) is 1.13. The van der Waals surface area contributed by atoms with Crippen molar-refractivity contribution in [1.29, 1.82) is 0 Å². The zero-order valence-corrected chi connectivity index (χ0v) is 13.0. The van der Waals surface area contributed by atoms with Crippen LogP contribution in [-0.4, -0.2) is 55.5 Å². The Morgan fingerprint density at radius 2 is 2.05 bits per heavy atom. The van der Waals surface area contributed by atoms with Crippen molar-refractivity contribution in [3.63, 3.8) is 0 Å². The molecule has 1 saturated heterocycles. The highest BCUT2D eigenvalue weighted by atomic mass is 79.9. The van der Waals surface area contributed by atoms with Gasteiger partial charge in [0.1, 0.15) is 0 Å². The summed E-state index contributed by atoms with van der Waals surface area (Å²) in [7, 11) is 3.87. The Kier molecular flexibility index (Phi) is 4.96. The van der Waals surface area contributed by atoms with Crippen LogP contribution in [0.2, 0.25) is 0 Å². The molecule has 0 unspecified atom stereocenters. The molecule has 0 radical (unpaired) electrons. The maximum atomic E-state index is 12.2. The highest BCUT2D eigenvalue weighted by molar-refractivity contribution is 9.10. The SMILES string of the molecule is CN(Cc1ccccc1Br)C(=O)CN(C)C1CNC1. The molecule has 1 aliphatic heterocycles.